The van der Waals surface area contributed by atoms with Crippen LogP contribution >= 0.6 is 46.4 Å². The van der Waals surface area contributed by atoms with Crippen LogP contribution in [-0.4, -0.2) is 17.1 Å². The summed E-state index contributed by atoms with van der Waals surface area (Å²) in [5.74, 6) is 1.04. The SMILES string of the molecule is COc1cc(CSc2nc(-c3ccc(-c4cccs4)s3)c(C)c(=O)[nH]2)ccc1NSc1ccc(F)cc1. The average molecular weight is 568 g/mol. The van der Waals surface area contributed by atoms with E-state index in [-0.39, 0.29) is 11.4 Å². The van der Waals surface area contributed by atoms with Gasteiger partial charge in [0.2, 0.25) is 0 Å². The lowest BCUT2D eigenvalue weighted by molar-refractivity contribution is 0.416. The van der Waals surface area contributed by atoms with Crippen LogP contribution in [0.3, 0.4) is 0 Å². The van der Waals surface area contributed by atoms with E-state index in [0.717, 1.165) is 21.0 Å². The molecule has 0 aliphatic heterocycles. The summed E-state index contributed by atoms with van der Waals surface area (Å²) in [5, 5.41) is 2.63. The second-order valence-corrected chi connectivity index (χ2v) is 11.8. The fourth-order valence-corrected chi connectivity index (χ4v) is 6.87. The van der Waals surface area contributed by atoms with E-state index in [1.165, 1.54) is 45.6 Å². The number of ether oxygens (including phenoxy) is 1. The third-order valence-electron chi connectivity index (χ3n) is 5.47. The fraction of sp³-hybridized carbons (Fsp3) is 0.111. The molecule has 0 bridgehead atoms. The van der Waals surface area contributed by atoms with E-state index in [0.29, 0.717) is 27.9 Å². The van der Waals surface area contributed by atoms with E-state index in [1.807, 2.05) is 30.3 Å². The highest BCUT2D eigenvalue weighted by Gasteiger charge is 2.14. The zero-order valence-corrected chi connectivity index (χ0v) is 23.2. The monoisotopic (exact) mass is 567 g/mol. The van der Waals surface area contributed by atoms with Crippen LogP contribution in [0.1, 0.15) is 11.1 Å². The number of thiophene rings is 2. The van der Waals surface area contributed by atoms with Crippen molar-refractivity contribution in [3.05, 3.63) is 99.4 Å². The Balaban J connectivity index is 1.30. The first-order chi connectivity index (χ1) is 18.0. The van der Waals surface area contributed by atoms with Crippen molar-refractivity contribution >= 4 is 52.1 Å². The van der Waals surface area contributed by atoms with Crippen LogP contribution in [0.15, 0.2) is 87.0 Å². The van der Waals surface area contributed by atoms with Gasteiger partial charge in [-0.15, -0.1) is 22.7 Å². The molecule has 3 heterocycles. The van der Waals surface area contributed by atoms with Gasteiger partial charge in [-0.05, 0) is 84.4 Å². The Labute approximate surface area is 230 Å². The summed E-state index contributed by atoms with van der Waals surface area (Å²) in [4.78, 5) is 24.6. The summed E-state index contributed by atoms with van der Waals surface area (Å²) in [5.41, 5.74) is 3.04. The number of anilines is 1. The number of H-pyrrole nitrogens is 1. The zero-order valence-electron chi connectivity index (χ0n) is 19.9. The van der Waals surface area contributed by atoms with E-state index < -0.39 is 0 Å². The topological polar surface area (TPSA) is 67.0 Å². The third kappa shape index (κ3) is 6.10. The smallest absolute Gasteiger partial charge is 0.255 e. The molecule has 0 radical (unpaired) electrons. The molecule has 0 amide bonds. The zero-order chi connectivity index (χ0) is 25.8. The first kappa shape index (κ1) is 25.6. The normalized spacial score (nSPS) is 11.0. The van der Waals surface area contributed by atoms with Gasteiger partial charge in [0.25, 0.3) is 5.56 Å². The van der Waals surface area contributed by atoms with Gasteiger partial charge < -0.3 is 14.4 Å². The van der Waals surface area contributed by atoms with Crippen molar-refractivity contribution in [2.24, 2.45) is 0 Å². The van der Waals surface area contributed by atoms with Gasteiger partial charge in [0.05, 0.1) is 23.4 Å². The predicted molar refractivity (Wildman–Crippen MR) is 155 cm³/mol. The number of benzene rings is 2. The highest BCUT2D eigenvalue weighted by molar-refractivity contribution is 8.00. The van der Waals surface area contributed by atoms with Gasteiger partial charge in [-0.3, -0.25) is 4.79 Å². The van der Waals surface area contributed by atoms with E-state index in [2.05, 4.69) is 27.2 Å². The van der Waals surface area contributed by atoms with Crippen LogP contribution in [-0.2, 0) is 5.75 Å². The van der Waals surface area contributed by atoms with Crippen molar-refractivity contribution in [2.75, 3.05) is 11.8 Å². The second kappa shape index (κ2) is 11.6. The first-order valence-corrected chi connectivity index (χ1v) is 14.7. The summed E-state index contributed by atoms with van der Waals surface area (Å²) in [6.07, 6.45) is 0. The van der Waals surface area contributed by atoms with Gasteiger partial charge in [0.1, 0.15) is 11.6 Å². The predicted octanol–water partition coefficient (Wildman–Crippen LogP) is 8.09. The van der Waals surface area contributed by atoms with Crippen LogP contribution < -0.4 is 15.0 Å². The molecule has 5 aromatic rings. The minimum atomic E-state index is -0.265. The number of aromatic nitrogens is 2. The van der Waals surface area contributed by atoms with Crippen molar-refractivity contribution < 1.29 is 9.13 Å². The maximum absolute atomic E-state index is 13.1. The number of hydrogen-bond acceptors (Lipinski definition) is 8. The maximum atomic E-state index is 13.1. The summed E-state index contributed by atoms with van der Waals surface area (Å²) < 4.78 is 22.0. The molecule has 0 spiro atoms. The molecule has 5 nitrogen and oxygen atoms in total. The van der Waals surface area contributed by atoms with Crippen molar-refractivity contribution in [2.45, 2.75) is 22.7 Å². The minimum Gasteiger partial charge on any atom is -0.495 e. The summed E-state index contributed by atoms with van der Waals surface area (Å²) in [7, 11) is 1.62. The molecule has 2 aromatic carbocycles. The number of hydrogen-bond donors (Lipinski definition) is 2. The minimum absolute atomic E-state index is 0.131. The molecular formula is C27H22FN3O2S4. The molecule has 0 saturated carbocycles. The number of rotatable bonds is 9. The van der Waals surface area contributed by atoms with Crippen molar-refractivity contribution in [1.82, 2.24) is 9.97 Å². The number of aromatic amines is 1. The standard InChI is InChI=1S/C27H22FN3O2S4/c1-16-25(24-12-11-23(36-24)22-4-3-13-34-22)29-27(30-26(16)32)35-15-17-5-10-20(21(14-17)33-2)31-37-19-8-6-18(28)7-9-19/h3-14,31H,15H2,1-2H3,(H,29,30,32). The summed E-state index contributed by atoms with van der Waals surface area (Å²) >= 11 is 6.19. The molecule has 10 heteroatoms. The Morgan fingerprint density at radius 3 is 2.62 bits per heavy atom. The number of methoxy groups -OCH3 is 1. The largest absolute Gasteiger partial charge is 0.495 e. The molecule has 0 unspecified atom stereocenters. The lowest BCUT2D eigenvalue weighted by atomic mass is 10.2. The highest BCUT2D eigenvalue weighted by Crippen LogP contribution is 2.37. The molecule has 2 N–H and O–H groups in total. The molecule has 3 aromatic heterocycles. The number of nitrogens with one attached hydrogen (secondary N) is 2. The highest BCUT2D eigenvalue weighted by atomic mass is 32.2. The van der Waals surface area contributed by atoms with Crippen molar-refractivity contribution in [3.63, 3.8) is 0 Å². The second-order valence-electron chi connectivity index (χ2n) is 7.97. The Bertz CT molecular complexity index is 1560. The number of nitrogens with zero attached hydrogens (tertiary/aromatic N) is 1. The number of halogens is 1. The van der Waals surface area contributed by atoms with Gasteiger partial charge >= 0.3 is 0 Å². The lowest BCUT2D eigenvalue weighted by Crippen LogP contribution is -2.13. The van der Waals surface area contributed by atoms with E-state index >= 15 is 0 Å². The molecule has 188 valence electrons. The molecule has 0 aliphatic rings. The Hall–Kier alpha value is -3.05. The van der Waals surface area contributed by atoms with Gasteiger partial charge in [-0.25, -0.2) is 9.37 Å². The molecule has 0 saturated heterocycles. The molecule has 0 atom stereocenters. The molecule has 0 fully saturated rings. The molecular weight excluding hydrogens is 546 g/mol. The van der Waals surface area contributed by atoms with E-state index in [1.54, 1.807) is 48.8 Å². The van der Waals surface area contributed by atoms with Gasteiger partial charge in [0, 0.05) is 26.0 Å². The fourth-order valence-electron chi connectivity index (χ4n) is 3.51. The Kier molecular flexibility index (Phi) is 7.99. The molecule has 5 rings (SSSR count). The lowest BCUT2D eigenvalue weighted by Gasteiger charge is -2.12. The van der Waals surface area contributed by atoms with Crippen LogP contribution in [0.5, 0.6) is 5.75 Å². The Morgan fingerprint density at radius 1 is 1.05 bits per heavy atom. The van der Waals surface area contributed by atoms with Gasteiger partial charge in [-0.2, -0.15) is 0 Å². The number of thioether (sulfide) groups is 1. The average Bonchev–Trinajstić information content (AvgIpc) is 3.62. The third-order valence-corrected chi connectivity index (χ3v) is 9.40. The van der Waals surface area contributed by atoms with E-state index in [9.17, 15) is 9.18 Å². The van der Waals surface area contributed by atoms with Gasteiger partial charge in [-0.1, -0.05) is 23.9 Å². The van der Waals surface area contributed by atoms with E-state index in [4.69, 9.17) is 9.72 Å². The molecule has 37 heavy (non-hydrogen) atoms. The first-order valence-electron chi connectivity index (χ1n) is 11.2. The summed E-state index contributed by atoms with van der Waals surface area (Å²) in [6.45, 7) is 1.81. The Morgan fingerprint density at radius 2 is 1.86 bits per heavy atom. The maximum Gasteiger partial charge on any atom is 0.255 e. The van der Waals surface area contributed by atoms with Crippen molar-refractivity contribution in [1.29, 1.82) is 0 Å². The van der Waals surface area contributed by atoms with Crippen LogP contribution in [0.4, 0.5) is 10.1 Å². The van der Waals surface area contributed by atoms with Crippen molar-refractivity contribution in [3.8, 4) is 26.1 Å². The summed E-state index contributed by atoms with van der Waals surface area (Å²) in [6, 6.07) is 20.4. The molecule has 0 aliphatic carbocycles. The van der Waals surface area contributed by atoms with Crippen LogP contribution in [0, 0.1) is 12.7 Å². The van der Waals surface area contributed by atoms with Crippen LogP contribution in [0.25, 0.3) is 20.3 Å². The van der Waals surface area contributed by atoms with Gasteiger partial charge in [0.15, 0.2) is 5.16 Å². The quantitative estimate of drug-likeness (QED) is 0.107. The van der Waals surface area contributed by atoms with Crippen LogP contribution in [0.2, 0.25) is 0 Å².